The van der Waals surface area contributed by atoms with Crippen LogP contribution in [0.1, 0.15) is 43.6 Å². The fourth-order valence-electron chi connectivity index (χ4n) is 1.97. The van der Waals surface area contributed by atoms with Crippen LogP contribution in [0.2, 0.25) is 0 Å². The van der Waals surface area contributed by atoms with Crippen LogP contribution >= 0.6 is 15.9 Å². The number of nitrogens with zero attached hydrogens (tertiary/aromatic N) is 2. The van der Waals surface area contributed by atoms with Gasteiger partial charge in [0, 0.05) is 5.56 Å². The molecule has 0 unspecified atom stereocenters. The van der Waals surface area contributed by atoms with Gasteiger partial charge >= 0.3 is 0 Å². The van der Waals surface area contributed by atoms with Gasteiger partial charge in [0.1, 0.15) is 5.69 Å². The van der Waals surface area contributed by atoms with E-state index in [0.717, 1.165) is 5.56 Å². The Morgan fingerprint density at radius 1 is 1.09 bits per heavy atom. The average Bonchev–Trinajstić information content (AvgIpc) is 2.48. The molecule has 0 spiro atoms. The third-order valence-electron chi connectivity index (χ3n) is 3.46. The SMILES string of the molecule is CC(=O)c1ccc(N=Nc2cc(C(C)(C)C)cc(Br)c2O)cc1. The molecule has 2 aromatic rings. The van der Waals surface area contributed by atoms with Crippen LogP contribution in [0.25, 0.3) is 0 Å². The summed E-state index contributed by atoms with van der Waals surface area (Å²) in [6.45, 7) is 7.79. The Morgan fingerprint density at radius 2 is 1.70 bits per heavy atom. The lowest BCUT2D eigenvalue weighted by Gasteiger charge is -2.20. The number of Topliss-reactive ketones (excluding diaryl/α,β-unsaturated/α-hetero) is 1. The minimum atomic E-state index is -0.0658. The molecule has 2 aromatic carbocycles. The van der Waals surface area contributed by atoms with E-state index >= 15 is 0 Å². The molecular formula is C18H19BrN2O2. The fourth-order valence-corrected chi connectivity index (χ4v) is 2.42. The van der Waals surface area contributed by atoms with Crippen molar-refractivity contribution >= 4 is 33.1 Å². The molecule has 0 radical (unpaired) electrons. The number of benzene rings is 2. The summed E-state index contributed by atoms with van der Waals surface area (Å²) >= 11 is 3.35. The molecule has 23 heavy (non-hydrogen) atoms. The van der Waals surface area contributed by atoms with Crippen molar-refractivity contribution in [2.75, 3.05) is 0 Å². The molecule has 0 saturated carbocycles. The quantitative estimate of drug-likeness (QED) is 0.523. The number of carbonyl (C=O) groups excluding carboxylic acids is 1. The normalized spacial score (nSPS) is 11.9. The first kappa shape index (κ1) is 17.3. The van der Waals surface area contributed by atoms with Gasteiger partial charge in [0.15, 0.2) is 11.5 Å². The van der Waals surface area contributed by atoms with Crippen molar-refractivity contribution < 1.29 is 9.90 Å². The van der Waals surface area contributed by atoms with Crippen molar-refractivity contribution in [2.24, 2.45) is 10.2 Å². The molecule has 0 aliphatic heterocycles. The number of halogens is 1. The van der Waals surface area contributed by atoms with Crippen LogP contribution in [-0.4, -0.2) is 10.9 Å². The van der Waals surface area contributed by atoms with Crippen LogP contribution in [-0.2, 0) is 5.41 Å². The maximum Gasteiger partial charge on any atom is 0.159 e. The van der Waals surface area contributed by atoms with Gasteiger partial charge in [0.2, 0.25) is 0 Å². The van der Waals surface area contributed by atoms with E-state index in [9.17, 15) is 9.90 Å². The third kappa shape index (κ3) is 4.26. The molecule has 0 amide bonds. The Balaban J connectivity index is 2.35. The summed E-state index contributed by atoms with van der Waals surface area (Å²) < 4.78 is 0.589. The number of hydrogen-bond donors (Lipinski definition) is 1. The summed E-state index contributed by atoms with van der Waals surface area (Å²) in [6, 6.07) is 10.6. The minimum Gasteiger partial charge on any atom is -0.505 e. The topological polar surface area (TPSA) is 62.0 Å². The Kier molecular flexibility index (Phi) is 5.00. The maximum absolute atomic E-state index is 11.3. The summed E-state index contributed by atoms with van der Waals surface area (Å²) in [5, 5.41) is 18.4. The van der Waals surface area contributed by atoms with Crippen LogP contribution in [0.4, 0.5) is 11.4 Å². The predicted octanol–water partition coefficient (Wildman–Crippen LogP) is 6.07. The number of carbonyl (C=O) groups is 1. The van der Waals surface area contributed by atoms with Gasteiger partial charge in [-0.2, -0.15) is 5.11 Å². The standard InChI is InChI=1S/C18H19BrN2O2/c1-11(22)12-5-7-14(8-6-12)20-21-16-10-13(18(2,3)4)9-15(19)17(16)23/h5-10,23H,1-4H3. The molecule has 120 valence electrons. The molecule has 0 saturated heterocycles. The van der Waals surface area contributed by atoms with E-state index in [-0.39, 0.29) is 16.9 Å². The number of phenols is 1. The highest BCUT2D eigenvalue weighted by atomic mass is 79.9. The summed E-state index contributed by atoms with van der Waals surface area (Å²) in [5.74, 6) is 0.0649. The molecule has 0 aliphatic carbocycles. The van der Waals surface area contributed by atoms with E-state index < -0.39 is 0 Å². The van der Waals surface area contributed by atoms with E-state index in [2.05, 4.69) is 46.9 Å². The van der Waals surface area contributed by atoms with E-state index in [1.807, 2.05) is 12.1 Å². The van der Waals surface area contributed by atoms with E-state index in [4.69, 9.17) is 0 Å². The summed E-state index contributed by atoms with van der Waals surface area (Å²) in [6.07, 6.45) is 0. The predicted molar refractivity (Wildman–Crippen MR) is 95.1 cm³/mol. The first-order valence-corrected chi connectivity index (χ1v) is 8.03. The van der Waals surface area contributed by atoms with E-state index in [0.29, 0.717) is 21.4 Å². The second kappa shape index (κ2) is 6.62. The number of phenolic OH excluding ortho intramolecular Hbond substituents is 1. The van der Waals surface area contributed by atoms with Crippen molar-refractivity contribution in [2.45, 2.75) is 33.1 Å². The van der Waals surface area contributed by atoms with Crippen LogP contribution in [0.3, 0.4) is 0 Å². The van der Waals surface area contributed by atoms with Crippen LogP contribution < -0.4 is 0 Å². The summed E-state index contributed by atoms with van der Waals surface area (Å²) in [5.41, 5.74) is 2.63. The minimum absolute atomic E-state index is 0.00735. The zero-order valence-corrected chi connectivity index (χ0v) is 15.2. The molecule has 5 heteroatoms. The molecule has 0 heterocycles. The number of rotatable bonds is 3. The van der Waals surface area contributed by atoms with E-state index in [1.165, 1.54) is 6.92 Å². The lowest BCUT2D eigenvalue weighted by atomic mass is 9.87. The molecule has 2 rings (SSSR count). The van der Waals surface area contributed by atoms with Gasteiger partial charge in [-0.05, 0) is 70.2 Å². The molecule has 1 N–H and O–H groups in total. The van der Waals surface area contributed by atoms with Gasteiger partial charge < -0.3 is 5.11 Å². The number of azo groups is 1. The Labute approximate surface area is 144 Å². The summed E-state index contributed by atoms with van der Waals surface area (Å²) in [7, 11) is 0. The highest BCUT2D eigenvalue weighted by molar-refractivity contribution is 9.10. The Bertz CT molecular complexity index is 760. The molecular weight excluding hydrogens is 356 g/mol. The van der Waals surface area contributed by atoms with Crippen molar-refractivity contribution in [1.82, 2.24) is 0 Å². The zero-order valence-electron chi connectivity index (χ0n) is 13.6. The second-order valence-corrected chi connectivity index (χ2v) is 7.23. The maximum atomic E-state index is 11.3. The Hall–Kier alpha value is -2.01. The average molecular weight is 375 g/mol. The highest BCUT2D eigenvalue weighted by Crippen LogP contribution is 2.39. The van der Waals surface area contributed by atoms with Crippen molar-refractivity contribution in [3.8, 4) is 5.75 Å². The first-order valence-electron chi connectivity index (χ1n) is 7.24. The Morgan fingerprint density at radius 3 is 2.22 bits per heavy atom. The molecule has 0 aliphatic rings. The van der Waals surface area contributed by atoms with Gasteiger partial charge in [0.05, 0.1) is 10.2 Å². The number of aromatic hydroxyl groups is 1. The highest BCUT2D eigenvalue weighted by Gasteiger charge is 2.18. The van der Waals surface area contributed by atoms with Crippen LogP contribution in [0.5, 0.6) is 5.75 Å². The van der Waals surface area contributed by atoms with Gasteiger partial charge in [0.25, 0.3) is 0 Å². The molecule has 0 bridgehead atoms. The second-order valence-electron chi connectivity index (χ2n) is 6.38. The van der Waals surface area contributed by atoms with Gasteiger partial charge in [-0.3, -0.25) is 4.79 Å². The largest absolute Gasteiger partial charge is 0.505 e. The first-order chi connectivity index (χ1) is 10.7. The van der Waals surface area contributed by atoms with Gasteiger partial charge in [-0.15, -0.1) is 5.11 Å². The molecule has 4 nitrogen and oxygen atoms in total. The van der Waals surface area contributed by atoms with Crippen LogP contribution in [0.15, 0.2) is 51.1 Å². The lowest BCUT2D eigenvalue weighted by Crippen LogP contribution is -2.10. The zero-order chi connectivity index (χ0) is 17.2. The summed E-state index contributed by atoms with van der Waals surface area (Å²) in [4.78, 5) is 11.3. The van der Waals surface area contributed by atoms with Crippen LogP contribution in [0, 0.1) is 0 Å². The molecule has 0 aromatic heterocycles. The molecule has 0 atom stereocenters. The smallest absolute Gasteiger partial charge is 0.159 e. The molecule has 0 fully saturated rings. The third-order valence-corrected chi connectivity index (χ3v) is 4.06. The van der Waals surface area contributed by atoms with Gasteiger partial charge in [-0.25, -0.2) is 0 Å². The van der Waals surface area contributed by atoms with Gasteiger partial charge in [-0.1, -0.05) is 20.8 Å². The van der Waals surface area contributed by atoms with E-state index in [1.54, 1.807) is 24.3 Å². The van der Waals surface area contributed by atoms with Crippen molar-refractivity contribution in [3.05, 3.63) is 52.0 Å². The number of hydrogen-bond acceptors (Lipinski definition) is 4. The number of ketones is 1. The lowest BCUT2D eigenvalue weighted by molar-refractivity contribution is 0.101. The monoisotopic (exact) mass is 374 g/mol. The van der Waals surface area contributed by atoms with Crippen molar-refractivity contribution in [3.63, 3.8) is 0 Å². The fraction of sp³-hybridized carbons (Fsp3) is 0.278. The van der Waals surface area contributed by atoms with Crippen molar-refractivity contribution in [1.29, 1.82) is 0 Å².